The second kappa shape index (κ2) is 11.4. The maximum absolute atomic E-state index is 12.7. The molecule has 0 radical (unpaired) electrons. The lowest BCUT2D eigenvalue weighted by molar-refractivity contribution is -0.105. The summed E-state index contributed by atoms with van der Waals surface area (Å²) in [6.07, 6.45) is 0.456. The van der Waals surface area contributed by atoms with Gasteiger partial charge in [-0.05, 0) is 53.9 Å². The van der Waals surface area contributed by atoms with Crippen LogP contribution in [-0.4, -0.2) is 27.6 Å². The monoisotopic (exact) mass is 420 g/mol. The summed E-state index contributed by atoms with van der Waals surface area (Å²) in [6.45, 7) is 5.94. The average molecular weight is 421 g/mol. The molecule has 1 amide bonds. The van der Waals surface area contributed by atoms with Crippen LogP contribution < -0.4 is 21.3 Å². The highest BCUT2D eigenvalue weighted by Gasteiger charge is 2.11. The van der Waals surface area contributed by atoms with Crippen LogP contribution in [0.1, 0.15) is 11.1 Å². The number of halogens is 1. The van der Waals surface area contributed by atoms with E-state index in [0.29, 0.717) is 6.41 Å². The standard InChI is InChI=1S/C17H21N3.C8H8FNO/c1-12(18-2)17-15(6-5-7-16(17)20-4)13-8-10-14(19-3)11-9-13;1-6-2-3-7(9)8(4-6)10-5-11/h5-11,18-20H,1H2,2-4H3;2-5H,1H3,(H,10,11). The van der Waals surface area contributed by atoms with Crippen molar-refractivity contribution in [3.63, 3.8) is 0 Å². The number of rotatable bonds is 7. The number of benzene rings is 3. The van der Waals surface area contributed by atoms with Crippen LogP contribution >= 0.6 is 0 Å². The van der Waals surface area contributed by atoms with Crippen molar-refractivity contribution in [1.82, 2.24) is 5.32 Å². The summed E-state index contributed by atoms with van der Waals surface area (Å²) >= 11 is 0. The van der Waals surface area contributed by atoms with Crippen molar-refractivity contribution in [3.05, 3.63) is 84.2 Å². The van der Waals surface area contributed by atoms with Crippen LogP contribution in [0.4, 0.5) is 21.5 Å². The van der Waals surface area contributed by atoms with Gasteiger partial charge in [-0.2, -0.15) is 0 Å². The summed E-state index contributed by atoms with van der Waals surface area (Å²) in [6, 6.07) is 19.2. The van der Waals surface area contributed by atoms with Gasteiger partial charge in [0.2, 0.25) is 6.41 Å². The second-order valence-corrected chi connectivity index (χ2v) is 6.78. The molecule has 4 N–H and O–H groups in total. The molecule has 0 fully saturated rings. The third kappa shape index (κ3) is 6.09. The van der Waals surface area contributed by atoms with Gasteiger partial charge in [-0.25, -0.2) is 4.39 Å². The van der Waals surface area contributed by atoms with Gasteiger partial charge in [0.05, 0.1) is 5.69 Å². The van der Waals surface area contributed by atoms with Crippen molar-refractivity contribution < 1.29 is 9.18 Å². The molecule has 0 spiro atoms. The summed E-state index contributed by atoms with van der Waals surface area (Å²) in [5, 5.41) is 11.8. The largest absolute Gasteiger partial charge is 0.388 e. The van der Waals surface area contributed by atoms with Crippen molar-refractivity contribution >= 4 is 29.2 Å². The van der Waals surface area contributed by atoms with Crippen molar-refractivity contribution in [2.24, 2.45) is 0 Å². The third-order valence-corrected chi connectivity index (χ3v) is 4.76. The quantitative estimate of drug-likeness (QED) is 0.390. The van der Waals surface area contributed by atoms with Crippen LogP contribution in [0.2, 0.25) is 0 Å². The van der Waals surface area contributed by atoms with E-state index < -0.39 is 5.82 Å². The van der Waals surface area contributed by atoms with E-state index in [1.54, 1.807) is 12.1 Å². The van der Waals surface area contributed by atoms with Crippen molar-refractivity contribution in [1.29, 1.82) is 0 Å². The van der Waals surface area contributed by atoms with Gasteiger partial charge in [-0.1, -0.05) is 36.9 Å². The Labute approximate surface area is 183 Å². The van der Waals surface area contributed by atoms with Gasteiger partial charge in [-0.15, -0.1) is 0 Å². The van der Waals surface area contributed by atoms with Crippen molar-refractivity contribution in [2.75, 3.05) is 37.1 Å². The van der Waals surface area contributed by atoms with Gasteiger partial charge in [0.1, 0.15) is 5.82 Å². The first kappa shape index (κ1) is 23.5. The highest BCUT2D eigenvalue weighted by Crippen LogP contribution is 2.33. The number of carbonyl (C=O) groups excluding carboxylic acids is 1. The molecule has 0 saturated heterocycles. The van der Waals surface area contributed by atoms with E-state index in [1.807, 2.05) is 28.1 Å². The minimum absolute atomic E-state index is 0.222. The molecule has 0 heterocycles. The highest BCUT2D eigenvalue weighted by molar-refractivity contribution is 5.87. The lowest BCUT2D eigenvalue weighted by atomic mass is 9.96. The van der Waals surface area contributed by atoms with Gasteiger partial charge in [0, 0.05) is 43.8 Å². The average Bonchev–Trinajstić information content (AvgIpc) is 2.81. The molecule has 162 valence electrons. The van der Waals surface area contributed by atoms with E-state index in [-0.39, 0.29) is 5.69 Å². The second-order valence-electron chi connectivity index (χ2n) is 6.78. The molecule has 0 aliphatic heterocycles. The van der Waals surface area contributed by atoms with E-state index >= 15 is 0 Å². The first-order chi connectivity index (χ1) is 14.9. The Bertz CT molecular complexity index is 1030. The Morgan fingerprint density at radius 1 is 0.935 bits per heavy atom. The van der Waals surface area contributed by atoms with Crippen LogP contribution in [0.5, 0.6) is 0 Å². The fourth-order valence-corrected chi connectivity index (χ4v) is 3.08. The minimum Gasteiger partial charge on any atom is -0.388 e. The summed E-state index contributed by atoms with van der Waals surface area (Å²) in [7, 11) is 5.74. The van der Waals surface area contributed by atoms with Crippen molar-refractivity contribution in [3.8, 4) is 11.1 Å². The number of aryl methyl sites for hydroxylation is 1. The predicted molar refractivity (Wildman–Crippen MR) is 130 cm³/mol. The van der Waals surface area contributed by atoms with Crippen molar-refractivity contribution in [2.45, 2.75) is 6.92 Å². The van der Waals surface area contributed by atoms with Gasteiger partial charge in [-0.3, -0.25) is 4.79 Å². The fourth-order valence-electron chi connectivity index (χ4n) is 3.08. The zero-order valence-corrected chi connectivity index (χ0v) is 18.3. The normalized spacial score (nSPS) is 9.71. The molecular formula is C25H29FN4O. The zero-order chi connectivity index (χ0) is 22.8. The molecule has 3 aromatic carbocycles. The highest BCUT2D eigenvalue weighted by atomic mass is 19.1. The maximum atomic E-state index is 12.7. The Morgan fingerprint density at radius 3 is 2.23 bits per heavy atom. The van der Waals surface area contributed by atoms with Crippen LogP contribution in [-0.2, 0) is 4.79 Å². The fraction of sp³-hybridized carbons (Fsp3) is 0.160. The van der Waals surface area contributed by atoms with Crippen LogP contribution in [0.3, 0.4) is 0 Å². The number of hydrogen-bond donors (Lipinski definition) is 4. The molecule has 0 unspecified atom stereocenters. The Hall–Kier alpha value is -3.80. The molecular weight excluding hydrogens is 391 g/mol. The maximum Gasteiger partial charge on any atom is 0.211 e. The molecule has 0 bridgehead atoms. The van der Waals surface area contributed by atoms with E-state index in [1.165, 1.54) is 17.2 Å². The lowest BCUT2D eigenvalue weighted by Gasteiger charge is -2.17. The summed E-state index contributed by atoms with van der Waals surface area (Å²) in [5.41, 5.74) is 7.66. The van der Waals surface area contributed by atoms with E-state index in [0.717, 1.165) is 28.2 Å². The molecule has 0 aliphatic carbocycles. The number of carbonyl (C=O) groups is 1. The van der Waals surface area contributed by atoms with E-state index in [4.69, 9.17) is 0 Å². The molecule has 0 aromatic heterocycles. The number of hydrogen-bond acceptors (Lipinski definition) is 4. The van der Waals surface area contributed by atoms with Crippen LogP contribution in [0.15, 0.2) is 67.2 Å². The minimum atomic E-state index is -0.414. The first-order valence-electron chi connectivity index (χ1n) is 9.87. The molecule has 3 aromatic rings. The van der Waals surface area contributed by atoms with Crippen LogP contribution in [0.25, 0.3) is 16.8 Å². The third-order valence-electron chi connectivity index (χ3n) is 4.76. The lowest BCUT2D eigenvalue weighted by Crippen LogP contribution is -2.07. The summed E-state index contributed by atoms with van der Waals surface area (Å²) < 4.78 is 12.7. The van der Waals surface area contributed by atoms with Gasteiger partial charge in [0.15, 0.2) is 0 Å². The topological polar surface area (TPSA) is 65.2 Å². The molecule has 3 rings (SSSR count). The predicted octanol–water partition coefficient (Wildman–Crippen LogP) is 5.33. The number of amides is 1. The SMILES string of the molecule is C=C(NC)c1c(NC)cccc1-c1ccc(NC)cc1.Cc1ccc(F)c(NC=O)c1. The Balaban J connectivity index is 0.000000262. The molecule has 31 heavy (non-hydrogen) atoms. The van der Waals surface area contributed by atoms with Gasteiger partial charge < -0.3 is 21.3 Å². The zero-order valence-electron chi connectivity index (χ0n) is 18.3. The van der Waals surface area contributed by atoms with Gasteiger partial charge >= 0.3 is 0 Å². The summed E-state index contributed by atoms with van der Waals surface area (Å²) in [5.74, 6) is -0.414. The smallest absolute Gasteiger partial charge is 0.211 e. The Kier molecular flexibility index (Phi) is 8.64. The van der Waals surface area contributed by atoms with E-state index in [2.05, 4.69) is 70.3 Å². The van der Waals surface area contributed by atoms with E-state index in [9.17, 15) is 9.18 Å². The molecule has 0 aliphatic rings. The molecule has 0 saturated carbocycles. The molecule has 6 heteroatoms. The Morgan fingerprint density at radius 2 is 1.65 bits per heavy atom. The number of anilines is 3. The van der Waals surface area contributed by atoms with Crippen LogP contribution in [0, 0.1) is 12.7 Å². The summed E-state index contributed by atoms with van der Waals surface area (Å²) in [4.78, 5) is 9.96. The van der Waals surface area contributed by atoms with Gasteiger partial charge in [0.25, 0.3) is 0 Å². The molecule has 0 atom stereocenters. The molecule has 5 nitrogen and oxygen atoms in total. The number of nitrogens with one attached hydrogen (secondary N) is 4. The first-order valence-corrected chi connectivity index (χ1v) is 9.87.